The predicted octanol–water partition coefficient (Wildman–Crippen LogP) is 2.44. The SMILES string of the molecule is CC(C)(C)C1CCN(CC(Cl)C(=O)O)CC1. The van der Waals surface area contributed by atoms with E-state index in [0.29, 0.717) is 12.0 Å². The van der Waals surface area contributed by atoms with Gasteiger partial charge in [-0.2, -0.15) is 0 Å². The third-order valence-corrected chi connectivity index (χ3v) is 3.82. The zero-order valence-corrected chi connectivity index (χ0v) is 11.1. The van der Waals surface area contributed by atoms with Crippen LogP contribution in [-0.4, -0.2) is 41.0 Å². The van der Waals surface area contributed by atoms with Crippen LogP contribution in [0.4, 0.5) is 0 Å². The Morgan fingerprint density at radius 1 is 1.44 bits per heavy atom. The van der Waals surface area contributed by atoms with E-state index >= 15 is 0 Å². The normalized spacial score (nSPS) is 22.0. The van der Waals surface area contributed by atoms with Crippen LogP contribution in [0.2, 0.25) is 0 Å². The molecule has 1 saturated heterocycles. The van der Waals surface area contributed by atoms with Crippen LogP contribution in [0.1, 0.15) is 33.6 Å². The molecule has 1 unspecified atom stereocenters. The molecular weight excluding hydrogens is 226 g/mol. The van der Waals surface area contributed by atoms with E-state index in [2.05, 4.69) is 25.7 Å². The topological polar surface area (TPSA) is 40.5 Å². The maximum atomic E-state index is 10.6. The highest BCUT2D eigenvalue weighted by molar-refractivity contribution is 6.29. The first-order valence-corrected chi connectivity index (χ1v) is 6.33. The number of hydrogen-bond acceptors (Lipinski definition) is 2. The number of alkyl halides is 1. The van der Waals surface area contributed by atoms with E-state index in [1.165, 1.54) is 0 Å². The largest absolute Gasteiger partial charge is 0.480 e. The van der Waals surface area contributed by atoms with Crippen molar-refractivity contribution < 1.29 is 9.90 Å². The molecule has 0 spiro atoms. The van der Waals surface area contributed by atoms with Gasteiger partial charge in [0.15, 0.2) is 0 Å². The molecule has 1 aliphatic rings. The molecule has 1 atom stereocenters. The van der Waals surface area contributed by atoms with Crippen molar-refractivity contribution in [3.63, 3.8) is 0 Å². The second-order valence-corrected chi connectivity index (χ2v) is 6.27. The number of halogens is 1. The van der Waals surface area contributed by atoms with Crippen LogP contribution < -0.4 is 0 Å². The molecule has 4 heteroatoms. The number of likely N-dealkylation sites (tertiary alicyclic amines) is 1. The molecule has 1 rings (SSSR count). The molecular formula is C12H22ClNO2. The highest BCUT2D eigenvalue weighted by Crippen LogP contribution is 2.34. The number of carboxylic acids is 1. The van der Waals surface area contributed by atoms with Crippen molar-refractivity contribution in [2.75, 3.05) is 19.6 Å². The minimum Gasteiger partial charge on any atom is -0.480 e. The van der Waals surface area contributed by atoms with Crippen LogP contribution in [0.3, 0.4) is 0 Å². The number of carbonyl (C=O) groups is 1. The molecule has 0 amide bonds. The van der Waals surface area contributed by atoms with Gasteiger partial charge in [-0.3, -0.25) is 4.79 Å². The number of rotatable bonds is 3. The van der Waals surface area contributed by atoms with Crippen molar-refractivity contribution in [2.45, 2.75) is 39.0 Å². The van der Waals surface area contributed by atoms with Crippen LogP contribution in [0.25, 0.3) is 0 Å². The summed E-state index contributed by atoms with van der Waals surface area (Å²) in [7, 11) is 0. The third-order valence-electron chi connectivity index (χ3n) is 3.50. The van der Waals surface area contributed by atoms with Crippen molar-refractivity contribution >= 4 is 17.6 Å². The summed E-state index contributed by atoms with van der Waals surface area (Å²) in [5.41, 5.74) is 0.360. The molecule has 0 aliphatic carbocycles. The monoisotopic (exact) mass is 247 g/mol. The van der Waals surface area contributed by atoms with Crippen molar-refractivity contribution in [2.24, 2.45) is 11.3 Å². The molecule has 16 heavy (non-hydrogen) atoms. The van der Waals surface area contributed by atoms with E-state index in [0.717, 1.165) is 31.8 Å². The van der Waals surface area contributed by atoms with E-state index in [1.54, 1.807) is 0 Å². The lowest BCUT2D eigenvalue weighted by Gasteiger charge is -2.39. The summed E-state index contributed by atoms with van der Waals surface area (Å²) in [4.78, 5) is 12.8. The Morgan fingerprint density at radius 3 is 2.31 bits per heavy atom. The van der Waals surface area contributed by atoms with E-state index in [9.17, 15) is 4.79 Å². The van der Waals surface area contributed by atoms with Gasteiger partial charge in [-0.15, -0.1) is 11.6 Å². The number of nitrogens with zero attached hydrogens (tertiary/aromatic N) is 1. The summed E-state index contributed by atoms with van der Waals surface area (Å²) in [5.74, 6) is -0.179. The zero-order valence-electron chi connectivity index (χ0n) is 10.4. The molecule has 94 valence electrons. The fraction of sp³-hybridized carbons (Fsp3) is 0.917. The molecule has 0 aromatic carbocycles. The van der Waals surface area contributed by atoms with Gasteiger partial charge in [-0.05, 0) is 37.3 Å². The van der Waals surface area contributed by atoms with Gasteiger partial charge in [-0.1, -0.05) is 20.8 Å². The number of aliphatic carboxylic acids is 1. The number of hydrogen-bond donors (Lipinski definition) is 1. The molecule has 1 aliphatic heterocycles. The summed E-state index contributed by atoms with van der Waals surface area (Å²) in [6, 6.07) is 0. The quantitative estimate of drug-likeness (QED) is 0.779. The fourth-order valence-electron chi connectivity index (χ4n) is 2.29. The van der Waals surface area contributed by atoms with E-state index in [1.807, 2.05) is 0 Å². The Labute approximate surface area is 103 Å². The van der Waals surface area contributed by atoms with Crippen molar-refractivity contribution in [1.82, 2.24) is 4.90 Å². The Hall–Kier alpha value is -0.280. The minimum absolute atomic E-state index is 0.360. The van der Waals surface area contributed by atoms with Gasteiger partial charge in [0, 0.05) is 6.54 Å². The van der Waals surface area contributed by atoms with Gasteiger partial charge in [0.2, 0.25) is 0 Å². The predicted molar refractivity (Wildman–Crippen MR) is 65.9 cm³/mol. The lowest BCUT2D eigenvalue weighted by Crippen LogP contribution is -2.42. The molecule has 1 fully saturated rings. The van der Waals surface area contributed by atoms with Gasteiger partial charge in [0.05, 0.1) is 0 Å². The minimum atomic E-state index is -0.917. The zero-order chi connectivity index (χ0) is 12.3. The smallest absolute Gasteiger partial charge is 0.322 e. The fourth-order valence-corrected chi connectivity index (χ4v) is 2.48. The molecule has 1 heterocycles. The Kier molecular flexibility index (Phi) is 4.62. The van der Waals surface area contributed by atoms with Crippen LogP contribution in [0.15, 0.2) is 0 Å². The Bertz CT molecular complexity index is 242. The standard InChI is InChI=1S/C12H22ClNO2/c1-12(2,3)9-4-6-14(7-5-9)8-10(13)11(15)16/h9-10H,4-8H2,1-3H3,(H,15,16). The second kappa shape index (κ2) is 5.37. The average Bonchev–Trinajstić information content (AvgIpc) is 2.17. The van der Waals surface area contributed by atoms with Crippen LogP contribution in [0.5, 0.6) is 0 Å². The molecule has 3 nitrogen and oxygen atoms in total. The summed E-state index contributed by atoms with van der Waals surface area (Å²) in [6.45, 7) is 9.23. The number of piperidine rings is 1. The van der Waals surface area contributed by atoms with Crippen LogP contribution in [0, 0.1) is 11.3 Å². The second-order valence-electron chi connectivity index (χ2n) is 5.75. The summed E-state index contributed by atoms with van der Waals surface area (Å²) < 4.78 is 0. The van der Waals surface area contributed by atoms with E-state index in [-0.39, 0.29) is 0 Å². The summed E-state index contributed by atoms with van der Waals surface area (Å²) >= 11 is 5.73. The van der Waals surface area contributed by atoms with Gasteiger partial charge >= 0.3 is 5.97 Å². The lowest BCUT2D eigenvalue weighted by molar-refractivity contribution is -0.137. The Balaban J connectivity index is 2.35. The van der Waals surface area contributed by atoms with Gasteiger partial charge in [0.1, 0.15) is 5.38 Å². The first kappa shape index (κ1) is 13.8. The molecule has 0 aromatic heterocycles. The molecule has 1 N–H and O–H groups in total. The molecule has 0 radical (unpaired) electrons. The van der Waals surface area contributed by atoms with Gasteiger partial charge in [0.25, 0.3) is 0 Å². The van der Waals surface area contributed by atoms with Crippen LogP contribution in [-0.2, 0) is 4.79 Å². The van der Waals surface area contributed by atoms with E-state index in [4.69, 9.17) is 16.7 Å². The number of carboxylic acid groups (broad SMARTS) is 1. The average molecular weight is 248 g/mol. The maximum absolute atomic E-state index is 10.6. The highest BCUT2D eigenvalue weighted by Gasteiger charge is 2.29. The molecule has 0 saturated carbocycles. The summed E-state index contributed by atoms with van der Waals surface area (Å²) in [5, 5.41) is 7.96. The van der Waals surface area contributed by atoms with E-state index < -0.39 is 11.3 Å². The highest BCUT2D eigenvalue weighted by atomic mass is 35.5. The maximum Gasteiger partial charge on any atom is 0.322 e. The van der Waals surface area contributed by atoms with Crippen molar-refractivity contribution in [3.8, 4) is 0 Å². The molecule has 0 bridgehead atoms. The Morgan fingerprint density at radius 2 is 1.94 bits per heavy atom. The van der Waals surface area contributed by atoms with Crippen molar-refractivity contribution in [3.05, 3.63) is 0 Å². The first-order chi connectivity index (χ1) is 7.30. The van der Waals surface area contributed by atoms with Gasteiger partial charge in [-0.25, -0.2) is 0 Å². The van der Waals surface area contributed by atoms with Crippen molar-refractivity contribution in [1.29, 1.82) is 0 Å². The third kappa shape index (κ3) is 3.95. The first-order valence-electron chi connectivity index (χ1n) is 5.90. The van der Waals surface area contributed by atoms with Crippen LogP contribution >= 0.6 is 11.6 Å². The lowest BCUT2D eigenvalue weighted by atomic mass is 9.75. The molecule has 0 aromatic rings. The van der Waals surface area contributed by atoms with Gasteiger partial charge < -0.3 is 10.0 Å². The summed E-state index contributed by atoms with van der Waals surface area (Å²) in [6.07, 6.45) is 2.29.